The molecule has 0 spiro atoms. The normalized spacial score (nSPS) is 11.5. The fraction of sp³-hybridized carbons (Fsp3) is 0.571. The highest BCUT2D eigenvalue weighted by molar-refractivity contribution is 7.89. The van der Waals surface area contributed by atoms with Gasteiger partial charge in [-0.2, -0.15) is 0 Å². The number of nitrogens with zero attached hydrogens (tertiary/aromatic N) is 1. The average molecular weight is 362 g/mol. The lowest BCUT2D eigenvalue weighted by molar-refractivity contribution is -0.129. The molecule has 136 valence electrons. The third kappa shape index (κ3) is 6.30. The van der Waals surface area contributed by atoms with Crippen LogP contribution in [0.5, 0.6) is 0 Å². The lowest BCUT2D eigenvalue weighted by Gasteiger charge is -2.16. The molecule has 9 nitrogen and oxygen atoms in total. The van der Waals surface area contributed by atoms with Crippen molar-refractivity contribution >= 4 is 21.9 Å². The smallest absolute Gasteiger partial charge is 0.339 e. The van der Waals surface area contributed by atoms with Crippen LogP contribution in [0.1, 0.15) is 28.3 Å². The molecule has 0 atom stereocenters. The Hall–Kier alpha value is -1.91. The van der Waals surface area contributed by atoms with E-state index in [-0.39, 0.29) is 30.2 Å². The van der Waals surface area contributed by atoms with Gasteiger partial charge in [-0.3, -0.25) is 4.79 Å². The second-order valence-corrected chi connectivity index (χ2v) is 7.15. The van der Waals surface area contributed by atoms with E-state index in [1.165, 1.54) is 32.0 Å². The summed E-state index contributed by atoms with van der Waals surface area (Å²) in [5, 5.41) is 8.96. The maximum absolute atomic E-state index is 12.0. The first-order valence-corrected chi connectivity index (χ1v) is 8.84. The minimum absolute atomic E-state index is 0.0321. The molecule has 1 aromatic heterocycles. The molecule has 10 heteroatoms. The summed E-state index contributed by atoms with van der Waals surface area (Å²) in [4.78, 5) is 24.2. The largest absolute Gasteiger partial charge is 0.478 e. The summed E-state index contributed by atoms with van der Waals surface area (Å²) in [5.74, 6) is -1.14. The Labute approximate surface area is 140 Å². The maximum atomic E-state index is 12.0. The van der Waals surface area contributed by atoms with Gasteiger partial charge in [-0.05, 0) is 19.4 Å². The highest BCUT2D eigenvalue weighted by Crippen LogP contribution is 2.16. The number of hydrogen-bond donors (Lipinski definition) is 2. The standard InChI is InChI=1S/C14H22N2O7S/c1-10-12(14(18)19)7-11(23-10)9-16(2)13(17)8-15-24(20,21)6-4-5-22-3/h7,15H,4-6,8-9H2,1-3H3,(H,18,19). The predicted molar refractivity (Wildman–Crippen MR) is 85.2 cm³/mol. The van der Waals surface area contributed by atoms with Crippen molar-refractivity contribution in [2.75, 3.05) is 33.1 Å². The molecule has 0 saturated carbocycles. The summed E-state index contributed by atoms with van der Waals surface area (Å²) in [5.41, 5.74) is 0.0321. The minimum atomic E-state index is -3.55. The fourth-order valence-electron chi connectivity index (χ4n) is 1.93. The number of ether oxygens (including phenoxy) is 1. The number of rotatable bonds is 10. The number of carbonyl (C=O) groups excluding carboxylic acids is 1. The Kier molecular flexibility index (Phi) is 7.39. The molecular formula is C14H22N2O7S. The Morgan fingerprint density at radius 1 is 1.42 bits per heavy atom. The van der Waals surface area contributed by atoms with E-state index in [0.717, 1.165) is 0 Å². The molecule has 1 amide bonds. The van der Waals surface area contributed by atoms with Gasteiger partial charge in [0.2, 0.25) is 15.9 Å². The molecule has 2 N–H and O–H groups in total. The van der Waals surface area contributed by atoms with Crippen LogP contribution in [-0.2, 0) is 26.1 Å². The number of carbonyl (C=O) groups is 2. The zero-order chi connectivity index (χ0) is 18.3. The molecule has 0 aliphatic carbocycles. The van der Waals surface area contributed by atoms with E-state index in [0.29, 0.717) is 18.8 Å². The molecule has 0 saturated heterocycles. The number of nitrogens with one attached hydrogen (secondary N) is 1. The molecule has 0 aliphatic heterocycles. The van der Waals surface area contributed by atoms with Crippen molar-refractivity contribution in [3.05, 3.63) is 23.2 Å². The van der Waals surface area contributed by atoms with E-state index in [1.54, 1.807) is 0 Å². The molecule has 0 aliphatic rings. The van der Waals surface area contributed by atoms with Crippen LogP contribution >= 0.6 is 0 Å². The molecule has 0 fully saturated rings. The van der Waals surface area contributed by atoms with E-state index in [1.807, 2.05) is 0 Å². The first-order chi connectivity index (χ1) is 11.2. The number of furan rings is 1. The highest BCUT2D eigenvalue weighted by Gasteiger charge is 2.18. The Balaban J connectivity index is 2.53. The number of amides is 1. The Morgan fingerprint density at radius 2 is 2.08 bits per heavy atom. The van der Waals surface area contributed by atoms with Gasteiger partial charge in [0.25, 0.3) is 0 Å². The quantitative estimate of drug-likeness (QED) is 0.569. The number of hydrogen-bond acceptors (Lipinski definition) is 6. The van der Waals surface area contributed by atoms with Gasteiger partial charge in [-0.1, -0.05) is 0 Å². The van der Waals surface area contributed by atoms with Crippen molar-refractivity contribution in [2.45, 2.75) is 19.9 Å². The van der Waals surface area contributed by atoms with Crippen molar-refractivity contribution in [1.29, 1.82) is 0 Å². The van der Waals surface area contributed by atoms with E-state index in [9.17, 15) is 18.0 Å². The lowest BCUT2D eigenvalue weighted by Crippen LogP contribution is -2.38. The van der Waals surface area contributed by atoms with Gasteiger partial charge in [0.05, 0.1) is 18.8 Å². The van der Waals surface area contributed by atoms with Gasteiger partial charge in [-0.15, -0.1) is 0 Å². The van der Waals surface area contributed by atoms with Gasteiger partial charge in [0.1, 0.15) is 17.1 Å². The lowest BCUT2D eigenvalue weighted by atomic mass is 10.2. The molecular weight excluding hydrogens is 340 g/mol. The molecule has 0 radical (unpaired) electrons. The summed E-state index contributed by atoms with van der Waals surface area (Å²) >= 11 is 0. The Bertz CT molecular complexity index is 681. The third-order valence-corrected chi connectivity index (χ3v) is 4.63. The average Bonchev–Trinajstić information content (AvgIpc) is 2.85. The van der Waals surface area contributed by atoms with Gasteiger partial charge in [0, 0.05) is 20.8 Å². The monoisotopic (exact) mass is 362 g/mol. The van der Waals surface area contributed by atoms with Crippen molar-refractivity contribution in [2.24, 2.45) is 0 Å². The second kappa shape index (κ2) is 8.81. The molecule has 1 rings (SSSR count). The van der Waals surface area contributed by atoms with Crippen molar-refractivity contribution < 1.29 is 32.3 Å². The van der Waals surface area contributed by atoms with Crippen LogP contribution < -0.4 is 4.72 Å². The second-order valence-electron chi connectivity index (χ2n) is 5.22. The summed E-state index contributed by atoms with van der Waals surface area (Å²) in [6, 6.07) is 1.34. The SMILES string of the molecule is COCCCS(=O)(=O)NCC(=O)N(C)Cc1cc(C(=O)O)c(C)o1. The van der Waals surface area contributed by atoms with E-state index in [4.69, 9.17) is 14.3 Å². The number of likely N-dealkylation sites (N-methyl/N-ethyl adjacent to an activating group) is 1. The topological polar surface area (TPSA) is 126 Å². The summed E-state index contributed by atoms with van der Waals surface area (Å²) in [7, 11) is -0.599. The zero-order valence-corrected chi connectivity index (χ0v) is 14.7. The highest BCUT2D eigenvalue weighted by atomic mass is 32.2. The number of methoxy groups -OCH3 is 1. The zero-order valence-electron chi connectivity index (χ0n) is 13.9. The molecule has 1 aromatic rings. The maximum Gasteiger partial charge on any atom is 0.339 e. The van der Waals surface area contributed by atoms with Crippen LogP contribution in [-0.4, -0.2) is 63.4 Å². The molecule has 0 bridgehead atoms. The van der Waals surface area contributed by atoms with Crippen molar-refractivity contribution in [3.8, 4) is 0 Å². The summed E-state index contributed by atoms with van der Waals surface area (Å²) < 4.78 is 35.7. The van der Waals surface area contributed by atoms with Crippen LogP contribution in [0.2, 0.25) is 0 Å². The van der Waals surface area contributed by atoms with Crippen LogP contribution in [0.4, 0.5) is 0 Å². The number of carboxylic acid groups (broad SMARTS) is 1. The first-order valence-electron chi connectivity index (χ1n) is 7.19. The van der Waals surface area contributed by atoms with Gasteiger partial charge >= 0.3 is 5.97 Å². The molecule has 0 aromatic carbocycles. The van der Waals surface area contributed by atoms with Crippen molar-refractivity contribution in [1.82, 2.24) is 9.62 Å². The third-order valence-electron chi connectivity index (χ3n) is 3.22. The number of sulfonamides is 1. The van der Waals surface area contributed by atoms with Crippen LogP contribution in [0.15, 0.2) is 10.5 Å². The van der Waals surface area contributed by atoms with Crippen molar-refractivity contribution in [3.63, 3.8) is 0 Å². The van der Waals surface area contributed by atoms with E-state index >= 15 is 0 Å². The molecule has 24 heavy (non-hydrogen) atoms. The first kappa shape index (κ1) is 20.1. The number of aryl methyl sites for hydroxylation is 1. The van der Waals surface area contributed by atoms with Crippen LogP contribution in [0.3, 0.4) is 0 Å². The fourth-order valence-corrected chi connectivity index (χ4v) is 2.91. The van der Waals surface area contributed by atoms with Gasteiger partial charge in [-0.25, -0.2) is 17.9 Å². The van der Waals surface area contributed by atoms with Gasteiger partial charge in [0.15, 0.2) is 0 Å². The number of carboxylic acids is 1. The summed E-state index contributed by atoms with van der Waals surface area (Å²) in [6.07, 6.45) is 0.333. The number of aromatic carboxylic acids is 1. The Morgan fingerprint density at radius 3 is 2.62 bits per heavy atom. The molecule has 0 unspecified atom stereocenters. The minimum Gasteiger partial charge on any atom is -0.478 e. The van der Waals surface area contributed by atoms with Gasteiger partial charge < -0.3 is 19.2 Å². The molecule has 1 heterocycles. The van der Waals surface area contributed by atoms with Crippen LogP contribution in [0.25, 0.3) is 0 Å². The summed E-state index contributed by atoms with van der Waals surface area (Å²) in [6.45, 7) is 1.50. The predicted octanol–water partition coefficient (Wildman–Crippen LogP) is 0.201. The van der Waals surface area contributed by atoms with E-state index < -0.39 is 21.9 Å². The van der Waals surface area contributed by atoms with Crippen LogP contribution in [0, 0.1) is 6.92 Å². The van der Waals surface area contributed by atoms with E-state index in [2.05, 4.69) is 4.72 Å².